The number of piperidine rings is 1. The smallest absolute Gasteiger partial charge is 0.260 e. The van der Waals surface area contributed by atoms with Crippen LogP contribution in [0.4, 0.5) is 0 Å². The molecule has 0 spiro atoms. The number of ether oxygens (including phenoxy) is 1. The van der Waals surface area contributed by atoms with Crippen LogP contribution in [0.25, 0.3) is 0 Å². The largest absolute Gasteiger partial charge is 0.482 e. The number of carbonyl (C=O) groups excluding carboxylic acids is 2. The van der Waals surface area contributed by atoms with Gasteiger partial charge in [-0.15, -0.1) is 0 Å². The molecule has 2 amide bonds. The van der Waals surface area contributed by atoms with Crippen molar-refractivity contribution in [2.45, 2.75) is 12.8 Å². The van der Waals surface area contributed by atoms with Gasteiger partial charge in [0.05, 0.1) is 10.9 Å². The summed E-state index contributed by atoms with van der Waals surface area (Å²) in [4.78, 5) is 26.0. The standard InChI is InChI=1S/C16H21Cl2N3O3/c17-12-3-4-14(13(18)8-12)24-10-15(22)21-7-1-2-11(9-21)16(23)20-6-5-19/h3-4,8,11H,1-2,5-7,9-10,19H2,(H,20,23). The minimum absolute atomic E-state index is 0.0559. The third kappa shape index (κ3) is 5.26. The van der Waals surface area contributed by atoms with Gasteiger partial charge in [0.1, 0.15) is 5.75 Å². The van der Waals surface area contributed by atoms with Gasteiger partial charge in [-0.05, 0) is 31.0 Å². The van der Waals surface area contributed by atoms with Crippen molar-refractivity contribution in [3.8, 4) is 5.75 Å². The summed E-state index contributed by atoms with van der Waals surface area (Å²) in [6.07, 6.45) is 1.55. The van der Waals surface area contributed by atoms with Crippen LogP contribution in [0, 0.1) is 5.92 Å². The minimum atomic E-state index is -0.201. The first-order valence-corrected chi connectivity index (χ1v) is 8.60. The molecule has 0 radical (unpaired) electrons. The molecular weight excluding hydrogens is 353 g/mol. The Morgan fingerprint density at radius 3 is 2.88 bits per heavy atom. The quantitative estimate of drug-likeness (QED) is 0.794. The topological polar surface area (TPSA) is 84.7 Å². The number of hydrogen-bond acceptors (Lipinski definition) is 4. The summed E-state index contributed by atoms with van der Waals surface area (Å²) in [7, 11) is 0. The van der Waals surface area contributed by atoms with E-state index in [1.807, 2.05) is 0 Å². The second kappa shape index (κ2) is 9.11. The zero-order valence-corrected chi connectivity index (χ0v) is 14.8. The molecule has 6 nitrogen and oxygen atoms in total. The van der Waals surface area contributed by atoms with E-state index in [0.717, 1.165) is 12.8 Å². The molecule has 1 fully saturated rings. The van der Waals surface area contributed by atoms with Gasteiger partial charge in [0.25, 0.3) is 5.91 Å². The van der Waals surface area contributed by atoms with Gasteiger partial charge in [-0.25, -0.2) is 0 Å². The number of benzene rings is 1. The van der Waals surface area contributed by atoms with Crippen LogP contribution < -0.4 is 15.8 Å². The molecule has 132 valence electrons. The Bertz CT molecular complexity index is 598. The molecule has 1 aromatic rings. The van der Waals surface area contributed by atoms with E-state index in [9.17, 15) is 9.59 Å². The van der Waals surface area contributed by atoms with Gasteiger partial charge in [-0.1, -0.05) is 23.2 Å². The molecule has 3 N–H and O–H groups in total. The number of rotatable bonds is 6. The van der Waals surface area contributed by atoms with E-state index < -0.39 is 0 Å². The van der Waals surface area contributed by atoms with Crippen molar-refractivity contribution >= 4 is 35.0 Å². The predicted octanol–water partition coefficient (Wildman–Crippen LogP) is 1.69. The van der Waals surface area contributed by atoms with E-state index >= 15 is 0 Å². The fourth-order valence-corrected chi connectivity index (χ4v) is 3.04. The van der Waals surface area contributed by atoms with Crippen LogP contribution >= 0.6 is 23.2 Å². The Morgan fingerprint density at radius 2 is 2.17 bits per heavy atom. The van der Waals surface area contributed by atoms with Crippen molar-refractivity contribution < 1.29 is 14.3 Å². The first kappa shape index (κ1) is 18.8. The van der Waals surface area contributed by atoms with Crippen LogP contribution in [-0.2, 0) is 9.59 Å². The normalized spacial score (nSPS) is 17.5. The van der Waals surface area contributed by atoms with E-state index in [2.05, 4.69) is 5.32 Å². The molecule has 0 saturated carbocycles. The lowest BCUT2D eigenvalue weighted by Gasteiger charge is -2.32. The monoisotopic (exact) mass is 373 g/mol. The highest BCUT2D eigenvalue weighted by molar-refractivity contribution is 6.35. The number of nitrogens with zero attached hydrogens (tertiary/aromatic N) is 1. The van der Waals surface area contributed by atoms with E-state index in [1.54, 1.807) is 23.1 Å². The van der Waals surface area contributed by atoms with E-state index in [1.165, 1.54) is 0 Å². The Balaban J connectivity index is 1.86. The molecule has 1 heterocycles. The maximum atomic E-state index is 12.3. The fourth-order valence-electron chi connectivity index (χ4n) is 2.58. The van der Waals surface area contributed by atoms with Crippen molar-refractivity contribution in [1.82, 2.24) is 10.2 Å². The van der Waals surface area contributed by atoms with Gasteiger partial charge < -0.3 is 20.7 Å². The lowest BCUT2D eigenvalue weighted by atomic mass is 9.97. The number of nitrogens with one attached hydrogen (secondary N) is 1. The highest BCUT2D eigenvalue weighted by Crippen LogP contribution is 2.27. The lowest BCUT2D eigenvalue weighted by molar-refractivity contribution is -0.137. The maximum Gasteiger partial charge on any atom is 0.260 e. The maximum absolute atomic E-state index is 12.3. The molecule has 1 unspecified atom stereocenters. The third-order valence-corrected chi connectivity index (χ3v) is 4.36. The van der Waals surface area contributed by atoms with Gasteiger partial charge in [-0.2, -0.15) is 0 Å². The Labute approximate surface area is 151 Å². The zero-order valence-electron chi connectivity index (χ0n) is 13.3. The first-order chi connectivity index (χ1) is 11.5. The van der Waals surface area contributed by atoms with Crippen molar-refractivity contribution in [3.63, 3.8) is 0 Å². The summed E-state index contributed by atoms with van der Waals surface area (Å²) in [5, 5.41) is 3.62. The van der Waals surface area contributed by atoms with Crippen LogP contribution in [-0.4, -0.2) is 49.5 Å². The molecule has 24 heavy (non-hydrogen) atoms. The number of carbonyl (C=O) groups is 2. The second-order valence-electron chi connectivity index (χ2n) is 5.62. The van der Waals surface area contributed by atoms with Gasteiger partial charge >= 0.3 is 0 Å². The van der Waals surface area contributed by atoms with Crippen LogP contribution in [0.1, 0.15) is 12.8 Å². The SMILES string of the molecule is NCCNC(=O)C1CCCN(C(=O)COc2ccc(Cl)cc2Cl)C1. The molecule has 1 atom stereocenters. The molecule has 0 aromatic heterocycles. The van der Waals surface area contributed by atoms with E-state index in [0.29, 0.717) is 42.0 Å². The van der Waals surface area contributed by atoms with Crippen LogP contribution in [0.2, 0.25) is 10.0 Å². The number of halogens is 2. The Kier molecular flexibility index (Phi) is 7.15. The summed E-state index contributed by atoms with van der Waals surface area (Å²) in [6.45, 7) is 1.74. The van der Waals surface area contributed by atoms with Crippen molar-refractivity contribution in [2.24, 2.45) is 11.7 Å². The zero-order chi connectivity index (χ0) is 17.5. The molecule has 0 bridgehead atoms. The molecule has 1 aliphatic heterocycles. The van der Waals surface area contributed by atoms with Crippen molar-refractivity contribution in [2.75, 3.05) is 32.8 Å². The average molecular weight is 374 g/mol. The second-order valence-corrected chi connectivity index (χ2v) is 6.47. The fraction of sp³-hybridized carbons (Fsp3) is 0.500. The molecule has 1 saturated heterocycles. The van der Waals surface area contributed by atoms with E-state index in [4.69, 9.17) is 33.7 Å². The molecule has 1 aliphatic rings. The minimum Gasteiger partial charge on any atom is -0.482 e. The third-order valence-electron chi connectivity index (χ3n) is 3.83. The average Bonchev–Trinajstić information content (AvgIpc) is 2.58. The van der Waals surface area contributed by atoms with Gasteiger partial charge in [0.2, 0.25) is 5.91 Å². The predicted molar refractivity (Wildman–Crippen MR) is 93.3 cm³/mol. The Hall–Kier alpha value is -1.50. The molecule has 2 rings (SSSR count). The molecule has 1 aromatic carbocycles. The highest BCUT2D eigenvalue weighted by atomic mass is 35.5. The van der Waals surface area contributed by atoms with Crippen molar-refractivity contribution in [1.29, 1.82) is 0 Å². The molecule has 8 heteroatoms. The van der Waals surface area contributed by atoms with E-state index in [-0.39, 0.29) is 24.3 Å². The van der Waals surface area contributed by atoms with Gasteiger partial charge in [-0.3, -0.25) is 9.59 Å². The van der Waals surface area contributed by atoms with Crippen LogP contribution in [0.5, 0.6) is 5.75 Å². The molecule has 0 aliphatic carbocycles. The van der Waals surface area contributed by atoms with Gasteiger partial charge in [0.15, 0.2) is 6.61 Å². The first-order valence-electron chi connectivity index (χ1n) is 7.84. The summed E-state index contributed by atoms with van der Waals surface area (Å²) in [5.74, 6) is -0.0195. The molecular formula is C16H21Cl2N3O3. The highest BCUT2D eigenvalue weighted by Gasteiger charge is 2.28. The van der Waals surface area contributed by atoms with Crippen molar-refractivity contribution in [3.05, 3.63) is 28.2 Å². The number of hydrogen-bond donors (Lipinski definition) is 2. The summed E-state index contributed by atoms with van der Waals surface area (Å²) in [6, 6.07) is 4.82. The summed E-state index contributed by atoms with van der Waals surface area (Å²) in [5.41, 5.74) is 5.38. The number of likely N-dealkylation sites (tertiary alicyclic amines) is 1. The lowest BCUT2D eigenvalue weighted by Crippen LogP contribution is -2.47. The van der Waals surface area contributed by atoms with Gasteiger partial charge in [0, 0.05) is 31.2 Å². The van der Waals surface area contributed by atoms with Crippen LogP contribution in [0.3, 0.4) is 0 Å². The number of nitrogens with two attached hydrogens (primary N) is 1. The van der Waals surface area contributed by atoms with Crippen LogP contribution in [0.15, 0.2) is 18.2 Å². The Morgan fingerprint density at radius 1 is 1.38 bits per heavy atom. The summed E-state index contributed by atoms with van der Waals surface area (Å²) >= 11 is 11.8. The summed E-state index contributed by atoms with van der Waals surface area (Å²) < 4.78 is 5.47. The number of amides is 2.